The zero-order chi connectivity index (χ0) is 12.5. The Kier molecular flexibility index (Phi) is 2.90. The van der Waals surface area contributed by atoms with E-state index in [-0.39, 0.29) is 5.91 Å². The number of allylic oxidation sites excluding steroid dienone is 1. The van der Waals surface area contributed by atoms with Crippen LogP contribution in [0.25, 0.3) is 0 Å². The number of piperidine rings is 1. The highest BCUT2D eigenvalue weighted by molar-refractivity contribution is 5.93. The highest BCUT2D eigenvalue weighted by atomic mass is 16.2. The van der Waals surface area contributed by atoms with E-state index in [2.05, 4.69) is 22.9 Å². The van der Waals surface area contributed by atoms with E-state index in [1.54, 1.807) is 6.20 Å². The first kappa shape index (κ1) is 11.5. The monoisotopic (exact) mass is 242 g/mol. The maximum absolute atomic E-state index is 12.5. The molecule has 0 N–H and O–H groups in total. The highest BCUT2D eigenvalue weighted by Gasteiger charge is 2.41. The van der Waals surface area contributed by atoms with Crippen molar-refractivity contribution in [3.63, 3.8) is 0 Å². The lowest BCUT2D eigenvalue weighted by atomic mass is 9.96. The van der Waals surface area contributed by atoms with Crippen LogP contribution in [0, 0.1) is 0 Å². The summed E-state index contributed by atoms with van der Waals surface area (Å²) in [6.45, 7) is 2.10. The van der Waals surface area contributed by atoms with Crippen LogP contribution < -0.4 is 0 Å². The van der Waals surface area contributed by atoms with Gasteiger partial charge in [-0.15, -0.1) is 0 Å². The number of pyridine rings is 1. The van der Waals surface area contributed by atoms with Crippen LogP contribution in [-0.4, -0.2) is 27.9 Å². The molecule has 3 heteroatoms. The van der Waals surface area contributed by atoms with Gasteiger partial charge >= 0.3 is 0 Å². The molecule has 94 valence electrons. The van der Waals surface area contributed by atoms with Gasteiger partial charge in [0.15, 0.2) is 0 Å². The summed E-state index contributed by atoms with van der Waals surface area (Å²) in [6, 6.07) is 6.32. The third kappa shape index (κ3) is 1.84. The largest absolute Gasteiger partial charge is 0.331 e. The minimum Gasteiger partial charge on any atom is -0.331 e. The SMILES string of the molecule is CC=C1CC2CCC(C1)N2C(=O)c1ccccn1. The van der Waals surface area contributed by atoms with Crippen LogP contribution in [0.4, 0.5) is 0 Å². The smallest absolute Gasteiger partial charge is 0.272 e. The lowest BCUT2D eigenvalue weighted by Crippen LogP contribution is -2.44. The van der Waals surface area contributed by atoms with E-state index in [9.17, 15) is 4.79 Å². The number of nitrogens with zero attached hydrogens (tertiary/aromatic N) is 2. The average Bonchev–Trinajstić information content (AvgIpc) is 2.69. The maximum atomic E-state index is 12.5. The van der Waals surface area contributed by atoms with E-state index in [1.165, 1.54) is 5.57 Å². The second-order valence-corrected chi connectivity index (χ2v) is 5.17. The topological polar surface area (TPSA) is 33.2 Å². The van der Waals surface area contributed by atoms with Gasteiger partial charge in [-0.05, 0) is 44.7 Å². The number of hydrogen-bond donors (Lipinski definition) is 0. The van der Waals surface area contributed by atoms with Crippen molar-refractivity contribution in [2.24, 2.45) is 0 Å². The minimum absolute atomic E-state index is 0.109. The third-order valence-corrected chi connectivity index (χ3v) is 4.14. The molecule has 2 aliphatic heterocycles. The predicted octanol–water partition coefficient (Wildman–Crippen LogP) is 2.79. The van der Waals surface area contributed by atoms with Crippen LogP contribution in [0.1, 0.15) is 43.1 Å². The van der Waals surface area contributed by atoms with Gasteiger partial charge < -0.3 is 4.90 Å². The fourth-order valence-corrected chi connectivity index (χ4v) is 3.24. The molecule has 3 heterocycles. The van der Waals surface area contributed by atoms with Gasteiger partial charge in [0.05, 0.1) is 0 Å². The summed E-state index contributed by atoms with van der Waals surface area (Å²) in [6.07, 6.45) is 8.28. The first-order valence-corrected chi connectivity index (χ1v) is 6.67. The lowest BCUT2D eigenvalue weighted by molar-refractivity contribution is 0.0628. The first-order valence-electron chi connectivity index (χ1n) is 6.67. The highest BCUT2D eigenvalue weighted by Crippen LogP contribution is 2.38. The summed E-state index contributed by atoms with van der Waals surface area (Å²) in [5.41, 5.74) is 2.09. The fourth-order valence-electron chi connectivity index (χ4n) is 3.24. The Balaban J connectivity index is 1.84. The molecule has 2 atom stereocenters. The quantitative estimate of drug-likeness (QED) is 0.709. The Morgan fingerprint density at radius 2 is 2.06 bits per heavy atom. The summed E-state index contributed by atoms with van der Waals surface area (Å²) in [5, 5.41) is 0. The third-order valence-electron chi connectivity index (χ3n) is 4.14. The molecule has 1 aromatic rings. The summed E-state index contributed by atoms with van der Waals surface area (Å²) >= 11 is 0. The van der Waals surface area contributed by atoms with Gasteiger partial charge in [0, 0.05) is 18.3 Å². The molecule has 2 unspecified atom stereocenters. The molecule has 1 amide bonds. The average molecular weight is 242 g/mol. The molecule has 0 saturated carbocycles. The molecule has 0 aromatic carbocycles. The Bertz CT molecular complexity index is 465. The standard InChI is InChI=1S/C15H18N2O/c1-2-11-9-12-6-7-13(10-11)17(12)15(18)14-5-3-4-8-16-14/h2-5,8,12-13H,6-7,9-10H2,1H3. The minimum atomic E-state index is 0.109. The van der Waals surface area contributed by atoms with Gasteiger partial charge in [-0.3, -0.25) is 9.78 Å². The van der Waals surface area contributed by atoms with E-state index in [1.807, 2.05) is 18.2 Å². The zero-order valence-electron chi connectivity index (χ0n) is 10.7. The van der Waals surface area contributed by atoms with Crippen molar-refractivity contribution in [2.75, 3.05) is 0 Å². The van der Waals surface area contributed by atoms with Crippen molar-refractivity contribution in [1.29, 1.82) is 0 Å². The number of aromatic nitrogens is 1. The summed E-state index contributed by atoms with van der Waals surface area (Å²) < 4.78 is 0. The second kappa shape index (κ2) is 4.56. The van der Waals surface area contributed by atoms with Crippen molar-refractivity contribution in [3.8, 4) is 0 Å². The Labute approximate surface area is 108 Å². The molecule has 2 fully saturated rings. The van der Waals surface area contributed by atoms with Crippen molar-refractivity contribution in [1.82, 2.24) is 9.88 Å². The maximum Gasteiger partial charge on any atom is 0.272 e. The first-order chi connectivity index (χ1) is 8.79. The van der Waals surface area contributed by atoms with Gasteiger partial charge in [0.25, 0.3) is 5.91 Å². The Morgan fingerprint density at radius 1 is 1.33 bits per heavy atom. The number of rotatable bonds is 1. The molecule has 18 heavy (non-hydrogen) atoms. The molecule has 2 saturated heterocycles. The van der Waals surface area contributed by atoms with Crippen molar-refractivity contribution < 1.29 is 4.79 Å². The van der Waals surface area contributed by atoms with E-state index in [4.69, 9.17) is 0 Å². The molecular weight excluding hydrogens is 224 g/mol. The number of fused-ring (bicyclic) bond motifs is 2. The molecule has 2 bridgehead atoms. The van der Waals surface area contributed by atoms with Crippen LogP contribution in [0.5, 0.6) is 0 Å². The van der Waals surface area contributed by atoms with Gasteiger partial charge in [0.1, 0.15) is 5.69 Å². The number of carbonyl (C=O) groups is 1. The summed E-state index contributed by atoms with van der Waals surface area (Å²) in [7, 11) is 0. The molecule has 2 aliphatic rings. The van der Waals surface area contributed by atoms with E-state index in [0.29, 0.717) is 17.8 Å². The molecule has 0 spiro atoms. The van der Waals surface area contributed by atoms with Crippen molar-refractivity contribution in [2.45, 2.75) is 44.7 Å². The van der Waals surface area contributed by atoms with Crippen LogP contribution in [0.2, 0.25) is 0 Å². The molecule has 3 nitrogen and oxygen atoms in total. The molecular formula is C15H18N2O. The predicted molar refractivity (Wildman–Crippen MR) is 70.2 cm³/mol. The summed E-state index contributed by atoms with van der Waals surface area (Å²) in [4.78, 5) is 18.8. The van der Waals surface area contributed by atoms with Crippen LogP contribution in [-0.2, 0) is 0 Å². The van der Waals surface area contributed by atoms with Crippen LogP contribution in [0.3, 0.4) is 0 Å². The Hall–Kier alpha value is -1.64. The van der Waals surface area contributed by atoms with Crippen molar-refractivity contribution in [3.05, 3.63) is 41.7 Å². The zero-order valence-corrected chi connectivity index (χ0v) is 10.7. The molecule has 0 aliphatic carbocycles. The second-order valence-electron chi connectivity index (χ2n) is 5.17. The fraction of sp³-hybridized carbons (Fsp3) is 0.467. The molecule has 1 aromatic heterocycles. The van der Waals surface area contributed by atoms with E-state index in [0.717, 1.165) is 25.7 Å². The van der Waals surface area contributed by atoms with Crippen molar-refractivity contribution >= 4 is 5.91 Å². The Morgan fingerprint density at radius 3 is 2.61 bits per heavy atom. The number of hydrogen-bond acceptors (Lipinski definition) is 2. The number of amides is 1. The van der Waals surface area contributed by atoms with Gasteiger partial charge in [-0.25, -0.2) is 0 Å². The molecule has 3 rings (SSSR count). The van der Waals surface area contributed by atoms with Crippen LogP contribution >= 0.6 is 0 Å². The van der Waals surface area contributed by atoms with E-state index >= 15 is 0 Å². The van der Waals surface area contributed by atoms with Crippen LogP contribution in [0.15, 0.2) is 36.0 Å². The summed E-state index contributed by atoms with van der Waals surface area (Å²) in [5.74, 6) is 0.109. The molecule has 0 radical (unpaired) electrons. The lowest BCUT2D eigenvalue weighted by Gasteiger charge is -2.36. The van der Waals surface area contributed by atoms with Gasteiger partial charge in [-0.1, -0.05) is 17.7 Å². The normalized spacial score (nSPS) is 26.3. The number of carbonyl (C=O) groups excluding carboxylic acids is 1. The van der Waals surface area contributed by atoms with Gasteiger partial charge in [-0.2, -0.15) is 0 Å². The van der Waals surface area contributed by atoms with Gasteiger partial charge in [0.2, 0.25) is 0 Å². The van der Waals surface area contributed by atoms with E-state index < -0.39 is 0 Å².